The Bertz CT molecular complexity index is 343. The van der Waals surface area contributed by atoms with Crippen molar-refractivity contribution >= 4 is 5.91 Å². The molecule has 1 aromatic carbocycles. The third-order valence-corrected chi connectivity index (χ3v) is 2.71. The lowest BCUT2D eigenvalue weighted by Crippen LogP contribution is -2.36. The summed E-state index contributed by atoms with van der Waals surface area (Å²) >= 11 is 0. The van der Waals surface area contributed by atoms with Crippen LogP contribution in [0.2, 0.25) is 0 Å². The highest BCUT2D eigenvalue weighted by atomic mass is 16.5. The first-order valence-electron chi connectivity index (χ1n) is 5.49. The van der Waals surface area contributed by atoms with Gasteiger partial charge in [0.2, 0.25) is 0 Å². The molecular weight excluding hydrogens is 202 g/mol. The second kappa shape index (κ2) is 5.54. The molecule has 0 spiro atoms. The second-order valence-corrected chi connectivity index (χ2v) is 4.23. The zero-order valence-electron chi connectivity index (χ0n) is 10.3. The summed E-state index contributed by atoms with van der Waals surface area (Å²) in [7, 11) is 1.61. The summed E-state index contributed by atoms with van der Waals surface area (Å²) in [6.45, 7) is 6.17. The molecule has 16 heavy (non-hydrogen) atoms. The number of rotatable bonds is 4. The number of amides is 1. The van der Waals surface area contributed by atoms with Gasteiger partial charge in [-0.15, -0.1) is 0 Å². The Balaban J connectivity index is 2.66. The number of carbonyl (C=O) groups excluding carboxylic acids is 1. The van der Waals surface area contributed by atoms with Crippen LogP contribution in [0.4, 0.5) is 0 Å². The number of nitrogens with one attached hydrogen (secondary N) is 1. The molecule has 0 fully saturated rings. The Labute approximate surface area is 96.8 Å². The number of hydrogen-bond acceptors (Lipinski definition) is 2. The largest absolute Gasteiger partial charge is 0.497 e. The van der Waals surface area contributed by atoms with Crippen LogP contribution in [0.5, 0.6) is 5.75 Å². The van der Waals surface area contributed by atoms with Crippen molar-refractivity contribution in [1.82, 2.24) is 5.32 Å². The van der Waals surface area contributed by atoms with Crippen LogP contribution in [0.25, 0.3) is 0 Å². The molecule has 3 nitrogen and oxygen atoms in total. The van der Waals surface area contributed by atoms with Crippen molar-refractivity contribution in [3.8, 4) is 5.75 Å². The summed E-state index contributed by atoms with van der Waals surface area (Å²) in [4.78, 5) is 11.8. The van der Waals surface area contributed by atoms with E-state index >= 15 is 0 Å². The van der Waals surface area contributed by atoms with Gasteiger partial charge in [0, 0.05) is 11.6 Å². The summed E-state index contributed by atoms with van der Waals surface area (Å²) in [6.07, 6.45) is 0. The van der Waals surface area contributed by atoms with Gasteiger partial charge in [0.1, 0.15) is 5.75 Å². The lowest BCUT2D eigenvalue weighted by Gasteiger charge is -2.17. The molecule has 1 aromatic rings. The molecule has 0 saturated carbocycles. The Kier molecular flexibility index (Phi) is 4.35. The van der Waals surface area contributed by atoms with Crippen LogP contribution in [0.3, 0.4) is 0 Å². The summed E-state index contributed by atoms with van der Waals surface area (Å²) in [6, 6.07) is 7.28. The van der Waals surface area contributed by atoms with Crippen LogP contribution in [0.1, 0.15) is 31.1 Å². The first-order chi connectivity index (χ1) is 7.54. The van der Waals surface area contributed by atoms with Crippen LogP contribution >= 0.6 is 0 Å². The normalized spacial score (nSPS) is 12.3. The fourth-order valence-corrected chi connectivity index (χ4v) is 1.20. The van der Waals surface area contributed by atoms with Crippen LogP contribution < -0.4 is 10.1 Å². The maximum Gasteiger partial charge on any atom is 0.251 e. The zero-order valence-corrected chi connectivity index (χ0v) is 10.3. The standard InChI is InChI=1S/C13H19NO2/c1-9(2)10(3)14-13(15)11-5-7-12(16-4)8-6-11/h5-10H,1-4H3,(H,14,15)/t10-/m1/s1. The lowest BCUT2D eigenvalue weighted by molar-refractivity contribution is 0.0930. The predicted octanol–water partition coefficient (Wildman–Crippen LogP) is 2.47. The fraction of sp³-hybridized carbons (Fsp3) is 0.462. The van der Waals surface area contributed by atoms with Crippen molar-refractivity contribution in [3.63, 3.8) is 0 Å². The number of carbonyl (C=O) groups is 1. The van der Waals surface area contributed by atoms with Crippen molar-refractivity contribution in [2.75, 3.05) is 7.11 Å². The molecule has 1 N–H and O–H groups in total. The monoisotopic (exact) mass is 221 g/mol. The molecule has 1 rings (SSSR count). The third kappa shape index (κ3) is 3.26. The lowest BCUT2D eigenvalue weighted by atomic mass is 10.1. The van der Waals surface area contributed by atoms with Crippen LogP contribution in [0.15, 0.2) is 24.3 Å². The summed E-state index contributed by atoms with van der Waals surface area (Å²) in [5.74, 6) is 1.15. The number of ether oxygens (including phenoxy) is 1. The zero-order chi connectivity index (χ0) is 12.1. The maximum absolute atomic E-state index is 11.8. The Morgan fingerprint density at radius 2 is 1.75 bits per heavy atom. The van der Waals surface area contributed by atoms with E-state index in [9.17, 15) is 4.79 Å². The maximum atomic E-state index is 11.8. The van der Waals surface area contributed by atoms with E-state index in [2.05, 4.69) is 19.2 Å². The molecule has 0 bridgehead atoms. The highest BCUT2D eigenvalue weighted by Crippen LogP contribution is 2.11. The first kappa shape index (κ1) is 12.6. The van der Waals surface area contributed by atoms with Gasteiger partial charge in [0.15, 0.2) is 0 Å². The molecule has 0 saturated heterocycles. The SMILES string of the molecule is COc1ccc(C(=O)N[C@H](C)C(C)C)cc1. The van der Waals surface area contributed by atoms with Gasteiger partial charge in [-0.25, -0.2) is 0 Å². The first-order valence-corrected chi connectivity index (χ1v) is 5.49. The quantitative estimate of drug-likeness (QED) is 0.848. The van der Waals surface area contributed by atoms with Gasteiger partial charge >= 0.3 is 0 Å². The number of methoxy groups -OCH3 is 1. The van der Waals surface area contributed by atoms with Crippen molar-refractivity contribution in [3.05, 3.63) is 29.8 Å². The summed E-state index contributed by atoms with van der Waals surface area (Å²) < 4.78 is 5.04. The van der Waals surface area contributed by atoms with Gasteiger partial charge in [0.25, 0.3) is 5.91 Å². The Hall–Kier alpha value is -1.51. The van der Waals surface area contributed by atoms with Crippen molar-refractivity contribution < 1.29 is 9.53 Å². The van der Waals surface area contributed by atoms with Crippen molar-refractivity contribution in [2.24, 2.45) is 5.92 Å². The molecule has 0 radical (unpaired) electrons. The van der Waals surface area contributed by atoms with E-state index in [4.69, 9.17) is 4.74 Å². The highest BCUT2D eigenvalue weighted by molar-refractivity contribution is 5.94. The number of benzene rings is 1. The van der Waals surface area contributed by atoms with Gasteiger partial charge in [-0.1, -0.05) is 13.8 Å². The molecule has 3 heteroatoms. The molecule has 0 unspecified atom stereocenters. The summed E-state index contributed by atoms with van der Waals surface area (Å²) in [5.41, 5.74) is 0.660. The third-order valence-electron chi connectivity index (χ3n) is 2.71. The molecule has 0 aliphatic rings. The highest BCUT2D eigenvalue weighted by Gasteiger charge is 2.12. The molecular formula is C13H19NO2. The van der Waals surface area contributed by atoms with Crippen molar-refractivity contribution in [1.29, 1.82) is 0 Å². The van der Waals surface area contributed by atoms with E-state index in [1.165, 1.54) is 0 Å². The van der Waals surface area contributed by atoms with E-state index < -0.39 is 0 Å². The smallest absolute Gasteiger partial charge is 0.251 e. The van der Waals surface area contributed by atoms with Gasteiger partial charge in [-0.05, 0) is 37.1 Å². The molecule has 0 aliphatic carbocycles. The van der Waals surface area contributed by atoms with Crippen molar-refractivity contribution in [2.45, 2.75) is 26.8 Å². The van der Waals surface area contributed by atoms with Crippen LogP contribution in [-0.2, 0) is 0 Å². The minimum Gasteiger partial charge on any atom is -0.497 e. The molecule has 0 heterocycles. The topological polar surface area (TPSA) is 38.3 Å². The molecule has 0 aromatic heterocycles. The number of hydrogen-bond donors (Lipinski definition) is 1. The minimum absolute atomic E-state index is 0.0381. The van der Waals surface area contributed by atoms with E-state index in [-0.39, 0.29) is 11.9 Å². The summed E-state index contributed by atoms with van der Waals surface area (Å²) in [5, 5.41) is 2.95. The Morgan fingerprint density at radius 1 is 1.19 bits per heavy atom. The van der Waals surface area contributed by atoms with E-state index in [0.29, 0.717) is 11.5 Å². The van der Waals surface area contributed by atoms with E-state index in [1.54, 1.807) is 31.4 Å². The average Bonchev–Trinajstić information content (AvgIpc) is 2.28. The minimum atomic E-state index is -0.0381. The second-order valence-electron chi connectivity index (χ2n) is 4.23. The van der Waals surface area contributed by atoms with Gasteiger partial charge in [-0.2, -0.15) is 0 Å². The van der Waals surface area contributed by atoms with Gasteiger partial charge < -0.3 is 10.1 Å². The van der Waals surface area contributed by atoms with Gasteiger partial charge in [-0.3, -0.25) is 4.79 Å². The van der Waals surface area contributed by atoms with Gasteiger partial charge in [0.05, 0.1) is 7.11 Å². The molecule has 88 valence electrons. The van der Waals surface area contributed by atoms with E-state index in [0.717, 1.165) is 5.75 Å². The predicted molar refractivity (Wildman–Crippen MR) is 64.8 cm³/mol. The molecule has 1 amide bonds. The average molecular weight is 221 g/mol. The molecule has 0 aliphatic heterocycles. The fourth-order valence-electron chi connectivity index (χ4n) is 1.20. The Morgan fingerprint density at radius 3 is 2.19 bits per heavy atom. The van der Waals surface area contributed by atoms with E-state index in [1.807, 2.05) is 6.92 Å². The van der Waals surface area contributed by atoms with Crippen LogP contribution in [0, 0.1) is 5.92 Å². The van der Waals surface area contributed by atoms with Crippen LogP contribution in [-0.4, -0.2) is 19.1 Å². The molecule has 1 atom stereocenters.